The number of hydrogen-bond acceptors (Lipinski definition) is 3. The van der Waals surface area contributed by atoms with Gasteiger partial charge in [-0.15, -0.1) is 0 Å². The van der Waals surface area contributed by atoms with Crippen LogP contribution in [0, 0.1) is 5.92 Å². The number of aliphatic hydroxyl groups excluding tert-OH is 1. The Morgan fingerprint density at radius 3 is 2.79 bits per heavy atom. The van der Waals surface area contributed by atoms with Crippen LogP contribution in [0.3, 0.4) is 0 Å². The van der Waals surface area contributed by atoms with E-state index in [2.05, 4.69) is 15.6 Å². The van der Waals surface area contributed by atoms with E-state index in [9.17, 15) is 5.11 Å². The topological polar surface area (TPSA) is 65.9 Å². The lowest BCUT2D eigenvalue weighted by Crippen LogP contribution is -2.38. The molecule has 1 aliphatic carbocycles. The van der Waals surface area contributed by atoms with Crippen molar-refractivity contribution in [2.24, 2.45) is 10.9 Å². The van der Waals surface area contributed by atoms with Gasteiger partial charge >= 0.3 is 0 Å². The maximum atomic E-state index is 10.4. The molecule has 1 aromatic carbocycles. The summed E-state index contributed by atoms with van der Waals surface area (Å²) in [5.74, 6) is 2.45. The Balaban J connectivity index is 1.88. The van der Waals surface area contributed by atoms with Gasteiger partial charge in [0.15, 0.2) is 5.96 Å². The largest absolute Gasteiger partial charge is 0.491 e. The Morgan fingerprint density at radius 1 is 1.33 bits per heavy atom. The van der Waals surface area contributed by atoms with Gasteiger partial charge in [0.25, 0.3) is 0 Å². The lowest BCUT2D eigenvalue weighted by Gasteiger charge is -2.15. The third kappa shape index (κ3) is 6.79. The second-order valence-corrected chi connectivity index (χ2v) is 6.63. The molecule has 24 heavy (non-hydrogen) atoms. The summed E-state index contributed by atoms with van der Waals surface area (Å²) in [5.41, 5.74) is 0.825. The first-order chi connectivity index (χ1) is 11.6. The Hall–Kier alpha value is -1.75. The van der Waals surface area contributed by atoms with Crippen molar-refractivity contribution >= 4 is 5.96 Å². The van der Waals surface area contributed by atoms with E-state index in [1.807, 2.05) is 45.0 Å². The molecule has 0 bridgehead atoms. The first kappa shape index (κ1) is 18.6. The Labute approximate surface area is 145 Å². The third-order valence-corrected chi connectivity index (χ3v) is 3.92. The van der Waals surface area contributed by atoms with Gasteiger partial charge in [0, 0.05) is 13.1 Å². The number of rotatable bonds is 9. The fourth-order valence-electron chi connectivity index (χ4n) is 2.49. The summed E-state index contributed by atoms with van der Waals surface area (Å²) in [7, 11) is 0. The average Bonchev–Trinajstić information content (AvgIpc) is 3.36. The van der Waals surface area contributed by atoms with Crippen LogP contribution in [-0.2, 0) is 0 Å². The molecule has 0 saturated heterocycles. The molecule has 0 heterocycles. The predicted molar refractivity (Wildman–Crippen MR) is 98.5 cm³/mol. The van der Waals surface area contributed by atoms with Crippen LogP contribution in [0.4, 0.5) is 0 Å². The van der Waals surface area contributed by atoms with E-state index in [0.717, 1.165) is 36.3 Å². The van der Waals surface area contributed by atoms with E-state index >= 15 is 0 Å². The monoisotopic (exact) mass is 333 g/mol. The summed E-state index contributed by atoms with van der Waals surface area (Å²) in [5, 5.41) is 17.0. The highest BCUT2D eigenvalue weighted by Gasteiger charge is 2.20. The first-order valence-corrected chi connectivity index (χ1v) is 9.05. The van der Waals surface area contributed by atoms with Gasteiger partial charge in [0.05, 0.1) is 18.8 Å². The molecular formula is C19H31N3O2. The van der Waals surface area contributed by atoms with E-state index < -0.39 is 6.10 Å². The highest BCUT2D eigenvalue weighted by Crippen LogP contribution is 2.31. The van der Waals surface area contributed by atoms with Crippen LogP contribution in [0.2, 0.25) is 0 Å². The number of nitrogens with zero attached hydrogens (tertiary/aromatic N) is 1. The number of hydrogen-bond donors (Lipinski definition) is 3. The minimum absolute atomic E-state index is 0.117. The Bertz CT molecular complexity index is 527. The van der Waals surface area contributed by atoms with Crippen LogP contribution in [0.1, 0.15) is 51.7 Å². The molecule has 1 fully saturated rings. The molecule has 5 nitrogen and oxygen atoms in total. The van der Waals surface area contributed by atoms with Crippen LogP contribution in [-0.4, -0.2) is 36.8 Å². The van der Waals surface area contributed by atoms with E-state index in [1.165, 1.54) is 19.3 Å². The molecule has 1 unspecified atom stereocenters. The zero-order valence-corrected chi connectivity index (χ0v) is 15.1. The molecule has 0 radical (unpaired) electrons. The van der Waals surface area contributed by atoms with Gasteiger partial charge in [-0.2, -0.15) is 0 Å². The number of aliphatic imine (C=N–C) groups is 1. The highest BCUT2D eigenvalue weighted by molar-refractivity contribution is 5.79. The minimum atomic E-state index is -0.639. The van der Waals surface area contributed by atoms with Crippen molar-refractivity contribution in [2.75, 3.05) is 19.6 Å². The predicted octanol–water partition coefficient (Wildman–Crippen LogP) is 2.86. The molecule has 1 aliphatic rings. The number of ether oxygens (including phenoxy) is 1. The van der Waals surface area contributed by atoms with Crippen molar-refractivity contribution in [1.29, 1.82) is 0 Å². The highest BCUT2D eigenvalue weighted by atomic mass is 16.5. The molecule has 1 atom stereocenters. The number of nitrogens with one attached hydrogen (secondary N) is 2. The average molecular weight is 333 g/mol. The molecule has 0 spiro atoms. The van der Waals surface area contributed by atoms with Gasteiger partial charge in [-0.3, -0.25) is 4.99 Å². The standard InChI is InChI=1S/C19H31N3O2/c1-4-20-19(21-11-10-15-8-9-15)22-13-18(23)16-6-5-7-17(12-16)24-14(2)3/h5-7,12,14-15,18,23H,4,8-11,13H2,1-3H3,(H2,20,21,22). The number of benzene rings is 1. The van der Waals surface area contributed by atoms with Crippen molar-refractivity contribution in [3.8, 4) is 5.75 Å². The van der Waals surface area contributed by atoms with Crippen LogP contribution < -0.4 is 15.4 Å². The SMILES string of the molecule is CCNC(=NCC(O)c1cccc(OC(C)C)c1)NCCC1CC1. The van der Waals surface area contributed by atoms with E-state index in [4.69, 9.17) is 4.74 Å². The van der Waals surface area contributed by atoms with Crippen molar-refractivity contribution in [3.63, 3.8) is 0 Å². The summed E-state index contributed by atoms with van der Waals surface area (Å²) in [6, 6.07) is 7.59. The van der Waals surface area contributed by atoms with Gasteiger partial charge in [0.2, 0.25) is 0 Å². The van der Waals surface area contributed by atoms with E-state index in [0.29, 0.717) is 6.54 Å². The fourth-order valence-corrected chi connectivity index (χ4v) is 2.49. The number of aliphatic hydroxyl groups is 1. The molecule has 2 rings (SSSR count). The van der Waals surface area contributed by atoms with Crippen LogP contribution in [0.25, 0.3) is 0 Å². The van der Waals surface area contributed by atoms with Crippen LogP contribution in [0.15, 0.2) is 29.3 Å². The fraction of sp³-hybridized carbons (Fsp3) is 0.632. The zero-order valence-electron chi connectivity index (χ0n) is 15.1. The van der Waals surface area contributed by atoms with Crippen LogP contribution in [0.5, 0.6) is 5.75 Å². The normalized spacial score (nSPS) is 16.1. The first-order valence-electron chi connectivity index (χ1n) is 9.05. The van der Waals surface area contributed by atoms with Gasteiger partial charge in [0.1, 0.15) is 5.75 Å². The van der Waals surface area contributed by atoms with Gasteiger partial charge in [-0.05, 0) is 50.8 Å². The molecule has 134 valence electrons. The quantitative estimate of drug-likeness (QED) is 0.480. The van der Waals surface area contributed by atoms with E-state index in [1.54, 1.807) is 0 Å². The summed E-state index contributed by atoms with van der Waals surface area (Å²) >= 11 is 0. The summed E-state index contributed by atoms with van der Waals surface area (Å²) in [4.78, 5) is 4.50. The molecule has 0 amide bonds. The second kappa shape index (κ2) is 9.52. The van der Waals surface area contributed by atoms with Gasteiger partial charge in [-0.1, -0.05) is 25.0 Å². The maximum Gasteiger partial charge on any atom is 0.191 e. The molecular weight excluding hydrogens is 302 g/mol. The van der Waals surface area contributed by atoms with Crippen molar-refractivity contribution in [2.45, 2.75) is 52.2 Å². The zero-order chi connectivity index (χ0) is 17.4. The molecule has 3 N–H and O–H groups in total. The lowest BCUT2D eigenvalue weighted by atomic mass is 10.1. The molecule has 5 heteroatoms. The summed E-state index contributed by atoms with van der Waals surface area (Å²) in [6.07, 6.45) is 3.40. The molecule has 1 aromatic rings. The van der Waals surface area contributed by atoms with Crippen LogP contribution >= 0.6 is 0 Å². The van der Waals surface area contributed by atoms with Gasteiger partial charge < -0.3 is 20.5 Å². The third-order valence-electron chi connectivity index (χ3n) is 3.92. The summed E-state index contributed by atoms with van der Waals surface area (Å²) < 4.78 is 5.68. The Kier molecular flexibility index (Phi) is 7.37. The molecule has 1 saturated carbocycles. The lowest BCUT2D eigenvalue weighted by molar-refractivity contribution is 0.185. The molecule has 0 aromatic heterocycles. The van der Waals surface area contributed by atoms with Crippen molar-refractivity contribution in [1.82, 2.24) is 10.6 Å². The second-order valence-electron chi connectivity index (χ2n) is 6.63. The van der Waals surface area contributed by atoms with Crippen molar-refractivity contribution in [3.05, 3.63) is 29.8 Å². The maximum absolute atomic E-state index is 10.4. The number of guanidine groups is 1. The minimum Gasteiger partial charge on any atom is -0.491 e. The summed E-state index contributed by atoms with van der Waals surface area (Å²) in [6.45, 7) is 8.09. The molecule has 0 aliphatic heterocycles. The van der Waals surface area contributed by atoms with Crippen molar-refractivity contribution < 1.29 is 9.84 Å². The Morgan fingerprint density at radius 2 is 2.12 bits per heavy atom. The smallest absolute Gasteiger partial charge is 0.191 e. The van der Waals surface area contributed by atoms with Gasteiger partial charge in [-0.25, -0.2) is 0 Å². The van der Waals surface area contributed by atoms with E-state index in [-0.39, 0.29) is 6.10 Å².